The van der Waals surface area contributed by atoms with Crippen LogP contribution in [0.4, 0.5) is 0 Å². The summed E-state index contributed by atoms with van der Waals surface area (Å²) in [6.07, 6.45) is 49.8. The van der Waals surface area contributed by atoms with Gasteiger partial charge in [0.1, 0.15) is 13.2 Å². The van der Waals surface area contributed by atoms with Crippen LogP contribution in [0.15, 0.2) is 36.5 Å². The quantitative estimate of drug-likeness (QED) is 0.0266. The number of esters is 3. The van der Waals surface area contributed by atoms with Crippen LogP contribution in [0, 0.1) is 0 Å². The first-order valence-electron chi connectivity index (χ1n) is 23.5. The van der Waals surface area contributed by atoms with Crippen molar-refractivity contribution >= 4 is 17.9 Å². The van der Waals surface area contributed by atoms with E-state index in [1.807, 2.05) is 0 Å². The average Bonchev–Trinajstić information content (AvgIpc) is 3.18. The van der Waals surface area contributed by atoms with Gasteiger partial charge in [0.05, 0.1) is 0 Å². The topological polar surface area (TPSA) is 78.9 Å². The van der Waals surface area contributed by atoms with Gasteiger partial charge in [-0.3, -0.25) is 14.4 Å². The minimum absolute atomic E-state index is 0.0866. The van der Waals surface area contributed by atoms with Gasteiger partial charge in [0, 0.05) is 19.3 Å². The predicted octanol–water partition coefficient (Wildman–Crippen LogP) is 15.0. The van der Waals surface area contributed by atoms with E-state index in [2.05, 4.69) is 57.2 Å². The number of carbonyl (C=O) groups is 3. The van der Waals surface area contributed by atoms with Gasteiger partial charge in [0.2, 0.25) is 0 Å². The van der Waals surface area contributed by atoms with Crippen molar-refractivity contribution in [2.75, 3.05) is 13.2 Å². The zero-order chi connectivity index (χ0) is 40.1. The first-order chi connectivity index (χ1) is 27.0. The minimum Gasteiger partial charge on any atom is -0.462 e. The van der Waals surface area contributed by atoms with Crippen LogP contribution in [0.3, 0.4) is 0 Å². The van der Waals surface area contributed by atoms with Gasteiger partial charge in [0.15, 0.2) is 6.10 Å². The Kier molecular flexibility index (Phi) is 42.4. The van der Waals surface area contributed by atoms with Gasteiger partial charge in [-0.05, 0) is 89.9 Å². The number of unbranched alkanes of at least 4 members (excludes halogenated alkanes) is 25. The first-order valence-corrected chi connectivity index (χ1v) is 23.5. The molecule has 0 aliphatic carbocycles. The van der Waals surface area contributed by atoms with E-state index in [0.717, 1.165) is 89.9 Å². The van der Waals surface area contributed by atoms with Crippen molar-refractivity contribution in [3.8, 4) is 0 Å². The Hall–Kier alpha value is -2.37. The molecule has 320 valence electrons. The van der Waals surface area contributed by atoms with Crippen LogP contribution < -0.4 is 0 Å². The van der Waals surface area contributed by atoms with Crippen LogP contribution in [-0.2, 0) is 28.6 Å². The molecule has 0 saturated carbocycles. The summed E-state index contributed by atoms with van der Waals surface area (Å²) in [6, 6.07) is 0. The van der Waals surface area contributed by atoms with Crippen molar-refractivity contribution < 1.29 is 28.6 Å². The average molecular weight is 773 g/mol. The van der Waals surface area contributed by atoms with E-state index in [-0.39, 0.29) is 31.1 Å². The summed E-state index contributed by atoms with van der Waals surface area (Å²) in [5.41, 5.74) is 0. The van der Waals surface area contributed by atoms with Crippen LogP contribution >= 0.6 is 0 Å². The summed E-state index contributed by atoms with van der Waals surface area (Å²) in [7, 11) is 0. The van der Waals surface area contributed by atoms with E-state index < -0.39 is 6.10 Å². The molecule has 1 unspecified atom stereocenters. The highest BCUT2D eigenvalue weighted by Gasteiger charge is 2.19. The summed E-state index contributed by atoms with van der Waals surface area (Å²) in [6.45, 7) is 6.54. The minimum atomic E-state index is -0.785. The zero-order valence-electron chi connectivity index (χ0n) is 36.4. The second-order valence-corrected chi connectivity index (χ2v) is 15.7. The Bertz CT molecular complexity index is 938. The summed E-state index contributed by atoms with van der Waals surface area (Å²) >= 11 is 0. The summed E-state index contributed by atoms with van der Waals surface area (Å²) in [4.78, 5) is 37.7. The molecule has 0 fully saturated rings. The monoisotopic (exact) mass is 773 g/mol. The van der Waals surface area contributed by atoms with E-state index in [9.17, 15) is 14.4 Å². The first kappa shape index (κ1) is 52.6. The zero-order valence-corrected chi connectivity index (χ0v) is 36.4. The number of rotatable bonds is 42. The fraction of sp³-hybridized carbons (Fsp3) is 0.816. The van der Waals surface area contributed by atoms with Crippen LogP contribution in [0.1, 0.15) is 239 Å². The fourth-order valence-corrected chi connectivity index (χ4v) is 6.47. The second kappa shape index (κ2) is 44.3. The molecule has 0 spiro atoms. The third-order valence-corrected chi connectivity index (χ3v) is 10.1. The van der Waals surface area contributed by atoms with Gasteiger partial charge < -0.3 is 14.2 Å². The van der Waals surface area contributed by atoms with E-state index in [1.54, 1.807) is 0 Å². The standard InChI is InChI=1S/C49H88O6/c1-4-7-10-13-16-19-22-24-27-30-33-36-39-42-48(51)54-45-46(44-53-47(50)41-38-35-32-29-26-21-18-15-12-9-6-3)55-49(52)43-40-37-34-31-28-25-23-20-17-14-11-8-5-2/h15,18,24-25,27-28,46H,4-14,16-17,19-23,26,29-45H2,1-3H3/b18-15-,27-24-,28-25-. The summed E-state index contributed by atoms with van der Waals surface area (Å²) in [5.74, 6) is -0.927. The Labute approximate surface area is 340 Å². The molecule has 0 amide bonds. The van der Waals surface area contributed by atoms with E-state index in [1.165, 1.54) is 109 Å². The highest BCUT2D eigenvalue weighted by molar-refractivity contribution is 5.71. The maximum Gasteiger partial charge on any atom is 0.306 e. The van der Waals surface area contributed by atoms with Crippen LogP contribution in [0.2, 0.25) is 0 Å². The van der Waals surface area contributed by atoms with Crippen molar-refractivity contribution in [2.24, 2.45) is 0 Å². The van der Waals surface area contributed by atoms with Gasteiger partial charge in [-0.1, -0.05) is 166 Å². The number of carbonyl (C=O) groups excluding carboxylic acids is 3. The third-order valence-electron chi connectivity index (χ3n) is 10.1. The number of hydrogen-bond donors (Lipinski definition) is 0. The molecule has 0 aliphatic rings. The molecule has 0 N–H and O–H groups in total. The molecule has 0 aromatic carbocycles. The van der Waals surface area contributed by atoms with Crippen molar-refractivity contribution in [3.05, 3.63) is 36.5 Å². The Morgan fingerprint density at radius 2 is 0.618 bits per heavy atom. The largest absolute Gasteiger partial charge is 0.462 e. The molecule has 0 aromatic rings. The van der Waals surface area contributed by atoms with Crippen LogP contribution in [-0.4, -0.2) is 37.2 Å². The molecule has 6 nitrogen and oxygen atoms in total. The molecule has 1 atom stereocenters. The van der Waals surface area contributed by atoms with Crippen molar-refractivity contribution in [1.29, 1.82) is 0 Å². The summed E-state index contributed by atoms with van der Waals surface area (Å²) in [5, 5.41) is 0. The third kappa shape index (κ3) is 42.6. The molecular formula is C49H88O6. The lowest BCUT2D eigenvalue weighted by atomic mass is 10.1. The van der Waals surface area contributed by atoms with Gasteiger partial charge in [-0.25, -0.2) is 0 Å². The normalized spacial score (nSPS) is 12.3. The molecule has 6 heteroatoms. The van der Waals surface area contributed by atoms with E-state index in [4.69, 9.17) is 14.2 Å². The van der Waals surface area contributed by atoms with E-state index in [0.29, 0.717) is 19.3 Å². The van der Waals surface area contributed by atoms with Crippen molar-refractivity contribution in [1.82, 2.24) is 0 Å². The maximum absolute atomic E-state index is 12.7. The molecule has 0 bridgehead atoms. The lowest BCUT2D eigenvalue weighted by Gasteiger charge is -2.18. The Morgan fingerprint density at radius 3 is 0.982 bits per heavy atom. The smallest absolute Gasteiger partial charge is 0.306 e. The fourth-order valence-electron chi connectivity index (χ4n) is 6.47. The molecule has 55 heavy (non-hydrogen) atoms. The Morgan fingerprint density at radius 1 is 0.345 bits per heavy atom. The maximum atomic E-state index is 12.7. The highest BCUT2D eigenvalue weighted by Crippen LogP contribution is 2.13. The van der Waals surface area contributed by atoms with Gasteiger partial charge in [-0.2, -0.15) is 0 Å². The van der Waals surface area contributed by atoms with Crippen LogP contribution in [0.5, 0.6) is 0 Å². The molecule has 0 saturated heterocycles. The highest BCUT2D eigenvalue weighted by atomic mass is 16.6. The molecule has 0 aromatic heterocycles. The molecule has 0 heterocycles. The van der Waals surface area contributed by atoms with Gasteiger partial charge in [-0.15, -0.1) is 0 Å². The molecular weight excluding hydrogens is 685 g/mol. The molecule has 0 rings (SSSR count). The predicted molar refractivity (Wildman–Crippen MR) is 233 cm³/mol. The van der Waals surface area contributed by atoms with E-state index >= 15 is 0 Å². The number of hydrogen-bond acceptors (Lipinski definition) is 6. The van der Waals surface area contributed by atoms with Crippen molar-refractivity contribution in [3.63, 3.8) is 0 Å². The SMILES string of the molecule is CCCC/C=C\CCCCCCCC(=O)OCC(COC(=O)CCCCC/C=C\CCCCCCCC)OC(=O)CCCCC/C=C\CCCCCCCC. The lowest BCUT2D eigenvalue weighted by molar-refractivity contribution is -0.167. The molecule has 0 aliphatic heterocycles. The lowest BCUT2D eigenvalue weighted by Crippen LogP contribution is -2.30. The summed E-state index contributed by atoms with van der Waals surface area (Å²) < 4.78 is 16.7. The Balaban J connectivity index is 4.42. The van der Waals surface area contributed by atoms with Gasteiger partial charge in [0.25, 0.3) is 0 Å². The van der Waals surface area contributed by atoms with Gasteiger partial charge >= 0.3 is 17.9 Å². The number of ether oxygens (including phenoxy) is 3. The van der Waals surface area contributed by atoms with Crippen molar-refractivity contribution in [2.45, 2.75) is 245 Å². The van der Waals surface area contributed by atoms with Crippen LogP contribution in [0.25, 0.3) is 0 Å². The second-order valence-electron chi connectivity index (χ2n) is 15.7. The molecule has 0 radical (unpaired) electrons. The number of allylic oxidation sites excluding steroid dienone is 6.